The zero-order chi connectivity index (χ0) is 12.6. The molecule has 0 rings (SSSR count). The smallest absolute Gasteiger partial charge is 0.462 e. The summed E-state index contributed by atoms with van der Waals surface area (Å²) in [4.78, 5) is 11.0. The number of rotatable bonds is 8. The fourth-order valence-electron chi connectivity index (χ4n) is 0.806. The average molecular weight is 248 g/mol. The first-order valence-electron chi connectivity index (χ1n) is 5.02. The van der Waals surface area contributed by atoms with Crippen LogP contribution in [0, 0.1) is 0 Å². The van der Waals surface area contributed by atoms with Crippen molar-refractivity contribution in [2.45, 2.75) is 19.9 Å². The molecule has 0 heterocycles. The molecule has 0 saturated heterocycles. The second-order valence-electron chi connectivity index (χ2n) is 3.39. The summed E-state index contributed by atoms with van der Waals surface area (Å²) < 4.78 is 20.6. The van der Waals surface area contributed by atoms with Crippen LogP contribution in [0.2, 0.25) is 6.55 Å². The molecule has 0 aromatic heterocycles. The summed E-state index contributed by atoms with van der Waals surface area (Å²) >= 11 is 0. The summed E-state index contributed by atoms with van der Waals surface area (Å²) in [6.45, 7) is 7.64. The van der Waals surface area contributed by atoms with Gasteiger partial charge in [0.25, 0.3) is 0 Å². The molecule has 0 atom stereocenters. The van der Waals surface area contributed by atoms with Crippen LogP contribution in [0.1, 0.15) is 13.3 Å². The third-order valence-corrected chi connectivity index (χ3v) is 4.19. The van der Waals surface area contributed by atoms with E-state index in [0.717, 1.165) is 0 Å². The van der Waals surface area contributed by atoms with E-state index in [0.29, 0.717) is 25.2 Å². The Morgan fingerprint density at radius 1 is 1.25 bits per heavy atom. The van der Waals surface area contributed by atoms with Crippen LogP contribution in [-0.2, 0) is 22.8 Å². The average Bonchev–Trinajstić information content (AvgIpc) is 2.27. The van der Waals surface area contributed by atoms with E-state index in [-0.39, 0.29) is 5.97 Å². The lowest BCUT2D eigenvalue weighted by molar-refractivity contribution is -0.139. The van der Waals surface area contributed by atoms with Gasteiger partial charge < -0.3 is 18.0 Å². The minimum atomic E-state index is -2.45. The zero-order valence-electron chi connectivity index (χ0n) is 10.4. The Morgan fingerprint density at radius 2 is 1.81 bits per heavy atom. The fourth-order valence-corrected chi connectivity index (χ4v) is 1.72. The van der Waals surface area contributed by atoms with Crippen molar-refractivity contribution in [3.8, 4) is 0 Å². The number of esters is 1. The highest BCUT2D eigenvalue weighted by molar-refractivity contribution is 6.59. The summed E-state index contributed by atoms with van der Waals surface area (Å²) in [7, 11) is 0.650. The van der Waals surface area contributed by atoms with Crippen LogP contribution in [0.5, 0.6) is 0 Å². The predicted octanol–water partition coefficient (Wildman–Crippen LogP) is 1.37. The van der Waals surface area contributed by atoms with E-state index in [2.05, 4.69) is 6.58 Å². The van der Waals surface area contributed by atoms with Crippen molar-refractivity contribution in [2.75, 3.05) is 27.4 Å². The highest BCUT2D eigenvalue weighted by Crippen LogP contribution is 2.06. The third kappa shape index (κ3) is 6.01. The summed E-state index contributed by atoms with van der Waals surface area (Å²) in [5.41, 5.74) is 0.397. The summed E-state index contributed by atoms with van der Waals surface area (Å²) in [6.07, 6.45) is 0.605. The summed E-state index contributed by atoms with van der Waals surface area (Å²) in [6, 6.07) is 0. The normalized spacial score (nSPS) is 11.2. The van der Waals surface area contributed by atoms with Crippen LogP contribution in [0.4, 0.5) is 0 Å². The van der Waals surface area contributed by atoms with Crippen molar-refractivity contribution in [3.05, 3.63) is 12.2 Å². The lowest BCUT2D eigenvalue weighted by Gasteiger charge is -2.21. The molecule has 0 radical (unpaired) electrons. The molecule has 0 aromatic carbocycles. The lowest BCUT2D eigenvalue weighted by atomic mass is 10.4. The van der Waals surface area contributed by atoms with Crippen LogP contribution in [0.15, 0.2) is 12.2 Å². The van der Waals surface area contributed by atoms with Crippen molar-refractivity contribution in [2.24, 2.45) is 0 Å². The number of ether oxygens (including phenoxy) is 1. The number of hydrogen-bond acceptors (Lipinski definition) is 5. The van der Waals surface area contributed by atoms with Gasteiger partial charge in [-0.2, -0.15) is 0 Å². The van der Waals surface area contributed by atoms with Gasteiger partial charge in [-0.3, -0.25) is 0 Å². The van der Waals surface area contributed by atoms with Gasteiger partial charge in [-0.1, -0.05) is 6.58 Å². The molecule has 0 aliphatic carbocycles. The molecular formula is C10H20O5Si. The van der Waals surface area contributed by atoms with Gasteiger partial charge in [0.1, 0.15) is 0 Å². The molecular weight excluding hydrogens is 228 g/mol. The van der Waals surface area contributed by atoms with Crippen LogP contribution in [-0.4, -0.2) is 42.2 Å². The van der Waals surface area contributed by atoms with Crippen molar-refractivity contribution >= 4 is 14.8 Å². The lowest BCUT2D eigenvalue weighted by Crippen LogP contribution is -2.40. The Kier molecular flexibility index (Phi) is 7.23. The van der Waals surface area contributed by atoms with E-state index in [1.54, 1.807) is 27.7 Å². The SMILES string of the molecule is C=C(C)C(=O)OCCCO[Si](C)(OC)OC. The molecule has 0 spiro atoms. The van der Waals surface area contributed by atoms with Gasteiger partial charge in [0, 0.05) is 39.4 Å². The molecule has 0 aliphatic heterocycles. The molecule has 0 amide bonds. The second kappa shape index (κ2) is 7.56. The van der Waals surface area contributed by atoms with Gasteiger partial charge in [0.05, 0.1) is 6.61 Å². The first kappa shape index (κ1) is 15.3. The fraction of sp³-hybridized carbons (Fsp3) is 0.700. The first-order valence-corrected chi connectivity index (χ1v) is 7.24. The van der Waals surface area contributed by atoms with E-state index in [1.165, 1.54) is 0 Å². The number of hydrogen-bond donors (Lipinski definition) is 0. The van der Waals surface area contributed by atoms with Gasteiger partial charge >= 0.3 is 14.8 Å². The second-order valence-corrected chi connectivity index (χ2v) is 6.22. The van der Waals surface area contributed by atoms with Crippen LogP contribution in [0.25, 0.3) is 0 Å². The van der Waals surface area contributed by atoms with E-state index in [1.807, 2.05) is 0 Å². The van der Waals surface area contributed by atoms with E-state index in [9.17, 15) is 4.79 Å². The van der Waals surface area contributed by atoms with Crippen molar-refractivity contribution in [1.29, 1.82) is 0 Å². The Bertz CT molecular complexity index is 237. The maximum atomic E-state index is 11.0. The Hall–Kier alpha value is -0.693. The molecule has 0 fully saturated rings. The molecule has 0 unspecified atom stereocenters. The van der Waals surface area contributed by atoms with Crippen molar-refractivity contribution < 1.29 is 22.8 Å². The van der Waals surface area contributed by atoms with Gasteiger partial charge in [-0.05, 0) is 6.92 Å². The Balaban J connectivity index is 3.61. The summed E-state index contributed by atoms with van der Waals surface area (Å²) in [5.74, 6) is -0.376. The molecule has 0 aliphatic rings. The van der Waals surface area contributed by atoms with Gasteiger partial charge in [-0.15, -0.1) is 0 Å². The van der Waals surface area contributed by atoms with E-state index in [4.69, 9.17) is 18.0 Å². The summed E-state index contributed by atoms with van der Waals surface area (Å²) in [5, 5.41) is 0. The molecule has 94 valence electrons. The van der Waals surface area contributed by atoms with Crippen molar-refractivity contribution in [3.63, 3.8) is 0 Å². The van der Waals surface area contributed by atoms with Crippen LogP contribution >= 0.6 is 0 Å². The van der Waals surface area contributed by atoms with Gasteiger partial charge in [0.15, 0.2) is 0 Å². The third-order valence-electron chi connectivity index (χ3n) is 1.98. The quantitative estimate of drug-likeness (QED) is 0.281. The van der Waals surface area contributed by atoms with E-state index < -0.39 is 8.80 Å². The molecule has 0 N–H and O–H groups in total. The minimum absolute atomic E-state index is 0.309. The highest BCUT2D eigenvalue weighted by atomic mass is 28.4. The minimum Gasteiger partial charge on any atom is -0.462 e. The Labute approximate surface area is 97.7 Å². The maximum Gasteiger partial charge on any atom is 0.497 e. The maximum absolute atomic E-state index is 11.0. The highest BCUT2D eigenvalue weighted by Gasteiger charge is 2.31. The molecule has 0 aromatic rings. The molecule has 6 heteroatoms. The Morgan fingerprint density at radius 3 is 2.25 bits per heavy atom. The largest absolute Gasteiger partial charge is 0.497 e. The predicted molar refractivity (Wildman–Crippen MR) is 62.0 cm³/mol. The molecule has 0 bridgehead atoms. The van der Waals surface area contributed by atoms with Gasteiger partial charge in [0.2, 0.25) is 0 Å². The number of carbonyl (C=O) groups is 1. The molecule has 16 heavy (non-hydrogen) atoms. The number of carbonyl (C=O) groups excluding carboxylic acids is 1. The van der Waals surface area contributed by atoms with Crippen LogP contribution in [0.3, 0.4) is 0 Å². The van der Waals surface area contributed by atoms with Crippen LogP contribution < -0.4 is 0 Å². The van der Waals surface area contributed by atoms with E-state index >= 15 is 0 Å². The standard InChI is InChI=1S/C10H20O5Si/c1-9(2)10(11)14-7-6-8-15-16(5,12-3)13-4/h1,6-8H2,2-5H3. The van der Waals surface area contributed by atoms with Gasteiger partial charge in [-0.25, -0.2) is 4.79 Å². The zero-order valence-corrected chi connectivity index (χ0v) is 11.4. The molecule has 0 saturated carbocycles. The monoisotopic (exact) mass is 248 g/mol. The first-order chi connectivity index (χ1) is 7.45. The van der Waals surface area contributed by atoms with Crippen molar-refractivity contribution in [1.82, 2.24) is 0 Å². The molecule has 5 nitrogen and oxygen atoms in total. The topological polar surface area (TPSA) is 54.0 Å².